The largest absolute Gasteiger partial charge is 0.494 e. The van der Waals surface area contributed by atoms with Gasteiger partial charge in [-0.1, -0.05) is 37.3 Å². The average Bonchev–Trinajstić information content (AvgIpc) is 2.91. The monoisotopic (exact) mass is 456 g/mol. The van der Waals surface area contributed by atoms with Crippen LogP contribution >= 0.6 is 0 Å². The molecule has 2 aliphatic heterocycles. The maximum atomic E-state index is 6.00. The van der Waals surface area contributed by atoms with Gasteiger partial charge in [0, 0.05) is 61.3 Å². The zero-order valence-corrected chi connectivity index (χ0v) is 20.2. The Hall–Kier alpha value is -3.05. The predicted molar refractivity (Wildman–Crippen MR) is 141 cm³/mol. The molecule has 2 fully saturated rings. The van der Waals surface area contributed by atoms with Crippen LogP contribution < -0.4 is 9.64 Å². The number of hydrogen-bond donors (Lipinski definition) is 0. The number of likely N-dealkylation sites (tertiary alicyclic amines) is 1. The highest BCUT2D eigenvalue weighted by molar-refractivity contribution is 5.89. The molecular formula is C29H36N4O. The molecule has 0 N–H and O–H groups in total. The number of para-hydroxylation sites is 1. The van der Waals surface area contributed by atoms with Gasteiger partial charge < -0.3 is 19.4 Å². The van der Waals surface area contributed by atoms with Crippen molar-refractivity contribution < 1.29 is 4.74 Å². The van der Waals surface area contributed by atoms with Gasteiger partial charge in [-0.3, -0.25) is 4.98 Å². The van der Waals surface area contributed by atoms with Crippen LogP contribution in [0.3, 0.4) is 0 Å². The van der Waals surface area contributed by atoms with Crippen LogP contribution in [0.15, 0.2) is 67.4 Å². The number of benzene rings is 2. The van der Waals surface area contributed by atoms with Gasteiger partial charge in [0.25, 0.3) is 0 Å². The summed E-state index contributed by atoms with van der Waals surface area (Å²) in [4.78, 5) is 12.0. The molecule has 0 spiro atoms. The molecule has 0 aliphatic carbocycles. The number of fused-ring (bicyclic) bond motifs is 1. The molecule has 3 aromatic rings. The lowest BCUT2D eigenvalue weighted by Gasteiger charge is -2.38. The molecule has 3 heterocycles. The summed E-state index contributed by atoms with van der Waals surface area (Å²) >= 11 is 0. The number of piperazine rings is 1. The smallest absolute Gasteiger partial charge is 0.119 e. The maximum absolute atomic E-state index is 6.00. The Morgan fingerprint density at radius 3 is 2.41 bits per heavy atom. The van der Waals surface area contributed by atoms with Crippen LogP contribution in [0, 0.1) is 0 Å². The quantitative estimate of drug-likeness (QED) is 0.431. The molecule has 178 valence electrons. The molecule has 0 radical (unpaired) electrons. The molecule has 5 rings (SSSR count). The first-order valence-corrected chi connectivity index (χ1v) is 12.8. The van der Waals surface area contributed by atoms with Gasteiger partial charge in [0.05, 0.1) is 12.1 Å². The van der Waals surface area contributed by atoms with Crippen LogP contribution in [0.5, 0.6) is 5.75 Å². The van der Waals surface area contributed by atoms with Crippen molar-refractivity contribution in [3.05, 3.63) is 72.9 Å². The van der Waals surface area contributed by atoms with Gasteiger partial charge in [-0.05, 0) is 62.7 Å². The first kappa shape index (κ1) is 22.7. The van der Waals surface area contributed by atoms with E-state index in [9.17, 15) is 0 Å². The molecule has 0 saturated carbocycles. The second-order valence-corrected chi connectivity index (χ2v) is 9.40. The normalized spacial score (nSPS) is 17.2. The number of ether oxygens (including phenoxy) is 1. The first-order chi connectivity index (χ1) is 16.8. The fourth-order valence-corrected chi connectivity index (χ4v) is 5.16. The lowest BCUT2D eigenvalue weighted by Crippen LogP contribution is -2.45. The Morgan fingerprint density at radius 1 is 0.853 bits per heavy atom. The van der Waals surface area contributed by atoms with Crippen LogP contribution in [-0.2, 0) is 0 Å². The van der Waals surface area contributed by atoms with Crippen molar-refractivity contribution in [3.63, 3.8) is 0 Å². The Labute approximate surface area is 203 Å². The van der Waals surface area contributed by atoms with Crippen molar-refractivity contribution in [2.75, 3.05) is 57.3 Å². The summed E-state index contributed by atoms with van der Waals surface area (Å²) < 4.78 is 6.00. The van der Waals surface area contributed by atoms with Gasteiger partial charge in [-0.2, -0.15) is 0 Å². The van der Waals surface area contributed by atoms with Gasteiger partial charge in [-0.25, -0.2) is 0 Å². The van der Waals surface area contributed by atoms with E-state index in [1.165, 1.54) is 38.0 Å². The van der Waals surface area contributed by atoms with E-state index in [0.717, 1.165) is 73.7 Å². The highest BCUT2D eigenvalue weighted by atomic mass is 16.5. The van der Waals surface area contributed by atoms with Crippen molar-refractivity contribution in [1.82, 2.24) is 14.8 Å². The molecule has 0 amide bonds. The van der Waals surface area contributed by atoms with Crippen molar-refractivity contribution >= 4 is 22.3 Å². The maximum Gasteiger partial charge on any atom is 0.119 e. The van der Waals surface area contributed by atoms with E-state index in [0.29, 0.717) is 0 Å². The number of nitrogens with zero attached hydrogens (tertiary/aromatic N) is 4. The second-order valence-electron chi connectivity index (χ2n) is 9.40. The van der Waals surface area contributed by atoms with Gasteiger partial charge in [-0.15, -0.1) is 0 Å². The average molecular weight is 457 g/mol. The molecule has 0 bridgehead atoms. The van der Waals surface area contributed by atoms with E-state index in [1.54, 1.807) is 0 Å². The topological polar surface area (TPSA) is 31.8 Å². The molecular weight excluding hydrogens is 420 g/mol. The SMILES string of the molecule is C=C(c1cccc2cccnc12)N1CCN(c2ccc(OCCCN3CCCCC3)cc2)CC1. The number of hydrogen-bond acceptors (Lipinski definition) is 5. The Morgan fingerprint density at radius 2 is 1.62 bits per heavy atom. The van der Waals surface area contributed by atoms with Crippen LogP contribution in [0.25, 0.3) is 16.6 Å². The third-order valence-electron chi connectivity index (χ3n) is 7.14. The third kappa shape index (κ3) is 5.36. The Balaban J connectivity index is 1.10. The second kappa shape index (κ2) is 10.9. The van der Waals surface area contributed by atoms with E-state index < -0.39 is 0 Å². The predicted octanol–water partition coefficient (Wildman–Crippen LogP) is 5.28. The lowest BCUT2D eigenvalue weighted by molar-refractivity contribution is 0.205. The van der Waals surface area contributed by atoms with Crippen LogP contribution in [0.1, 0.15) is 31.2 Å². The number of rotatable bonds is 8. The van der Waals surface area contributed by atoms with Crippen molar-refractivity contribution in [2.45, 2.75) is 25.7 Å². The minimum absolute atomic E-state index is 0.791. The van der Waals surface area contributed by atoms with Gasteiger partial charge in [0.2, 0.25) is 0 Å². The molecule has 5 nitrogen and oxygen atoms in total. The van der Waals surface area contributed by atoms with Gasteiger partial charge in [0.1, 0.15) is 5.75 Å². The molecule has 0 unspecified atom stereocenters. The lowest BCUT2D eigenvalue weighted by atomic mass is 10.1. The summed E-state index contributed by atoms with van der Waals surface area (Å²) in [6.45, 7) is 12.8. The zero-order chi connectivity index (χ0) is 23.2. The fourth-order valence-electron chi connectivity index (χ4n) is 5.16. The molecule has 0 atom stereocenters. The summed E-state index contributed by atoms with van der Waals surface area (Å²) in [5, 5.41) is 1.16. The Bertz CT molecular complexity index is 1080. The summed E-state index contributed by atoms with van der Waals surface area (Å²) in [5.41, 5.74) is 4.49. The fraction of sp³-hybridized carbons (Fsp3) is 0.414. The third-order valence-corrected chi connectivity index (χ3v) is 7.14. The number of piperidine rings is 1. The van der Waals surface area contributed by atoms with Crippen LogP contribution in [0.2, 0.25) is 0 Å². The van der Waals surface area contributed by atoms with E-state index in [2.05, 4.69) is 74.8 Å². The minimum Gasteiger partial charge on any atom is -0.494 e. The number of aromatic nitrogens is 1. The molecule has 5 heteroatoms. The van der Waals surface area contributed by atoms with Crippen molar-refractivity contribution in [2.24, 2.45) is 0 Å². The van der Waals surface area contributed by atoms with Gasteiger partial charge >= 0.3 is 0 Å². The van der Waals surface area contributed by atoms with E-state index in [1.807, 2.05) is 12.3 Å². The molecule has 2 aromatic carbocycles. The number of anilines is 1. The summed E-state index contributed by atoms with van der Waals surface area (Å²) in [7, 11) is 0. The van der Waals surface area contributed by atoms with Crippen LogP contribution in [0.4, 0.5) is 5.69 Å². The Kier molecular flexibility index (Phi) is 7.30. The van der Waals surface area contributed by atoms with Crippen molar-refractivity contribution in [1.29, 1.82) is 0 Å². The van der Waals surface area contributed by atoms with E-state index >= 15 is 0 Å². The van der Waals surface area contributed by atoms with Crippen molar-refractivity contribution in [3.8, 4) is 5.75 Å². The van der Waals surface area contributed by atoms with Crippen LogP contribution in [-0.4, -0.2) is 67.2 Å². The summed E-state index contributed by atoms with van der Waals surface area (Å²) in [6, 6.07) is 19.1. The summed E-state index contributed by atoms with van der Waals surface area (Å²) in [6.07, 6.45) is 7.06. The van der Waals surface area contributed by atoms with E-state index in [4.69, 9.17) is 4.74 Å². The molecule has 1 aromatic heterocycles. The highest BCUT2D eigenvalue weighted by Crippen LogP contribution is 2.27. The first-order valence-electron chi connectivity index (χ1n) is 12.8. The van der Waals surface area contributed by atoms with E-state index in [-0.39, 0.29) is 0 Å². The molecule has 2 aliphatic rings. The number of pyridine rings is 1. The van der Waals surface area contributed by atoms with Gasteiger partial charge in [0.15, 0.2) is 0 Å². The standard InChI is InChI=1S/C29H36N4O/c1-24(28-10-5-8-25-9-6-15-30-29(25)28)32-19-21-33(22-20-32)26-11-13-27(14-12-26)34-23-7-18-31-16-3-2-4-17-31/h5-6,8-15H,1-4,7,16-23H2. The zero-order valence-electron chi connectivity index (χ0n) is 20.2. The highest BCUT2D eigenvalue weighted by Gasteiger charge is 2.20. The molecule has 34 heavy (non-hydrogen) atoms. The minimum atomic E-state index is 0.791. The molecule has 2 saturated heterocycles. The summed E-state index contributed by atoms with van der Waals surface area (Å²) in [5.74, 6) is 0.970.